The number of aliphatic hydroxyl groups is 2. The van der Waals surface area contributed by atoms with Gasteiger partial charge < -0.3 is 29.8 Å². The molecular weight excluding hydrogens is 355 g/mol. The van der Waals surface area contributed by atoms with Gasteiger partial charge in [-0.2, -0.15) is 0 Å². The van der Waals surface area contributed by atoms with Crippen LogP contribution in [0.4, 0.5) is 0 Å². The first kappa shape index (κ1) is 18.5. The van der Waals surface area contributed by atoms with E-state index in [4.69, 9.17) is 19.6 Å². The molecule has 134 valence electrons. The monoisotopic (exact) mass is 368 g/mol. The van der Waals surface area contributed by atoms with Gasteiger partial charge in [-0.1, -0.05) is 0 Å². The molecule has 1 aliphatic heterocycles. The maximum Gasteiger partial charge on any atom is 0.469 e. The third kappa shape index (κ3) is 3.79. The van der Waals surface area contributed by atoms with Gasteiger partial charge in [0.2, 0.25) is 0 Å². The second-order valence-corrected chi connectivity index (χ2v) is 6.07. The van der Waals surface area contributed by atoms with Crippen molar-refractivity contribution in [3.8, 4) is 0 Å². The fourth-order valence-electron chi connectivity index (χ4n) is 2.17. The van der Waals surface area contributed by atoms with Crippen molar-refractivity contribution in [3.05, 3.63) is 32.6 Å². The molecular formula is C10H13N2O11P. The minimum atomic E-state index is -4.88. The van der Waals surface area contributed by atoms with Gasteiger partial charge in [-0.25, -0.2) is 14.2 Å². The highest BCUT2D eigenvalue weighted by Gasteiger charge is 2.46. The van der Waals surface area contributed by atoms with Crippen molar-refractivity contribution in [1.29, 1.82) is 0 Å². The lowest BCUT2D eigenvalue weighted by Crippen LogP contribution is -2.40. The second kappa shape index (κ2) is 6.57. The number of carboxylic acid groups (broad SMARTS) is 1. The lowest BCUT2D eigenvalue weighted by Gasteiger charge is -2.19. The molecule has 1 aliphatic rings. The molecule has 1 aromatic rings. The highest BCUT2D eigenvalue weighted by atomic mass is 31.2. The Morgan fingerprint density at radius 3 is 2.50 bits per heavy atom. The second-order valence-electron chi connectivity index (χ2n) is 4.83. The number of H-pyrrole nitrogens is 1. The summed E-state index contributed by atoms with van der Waals surface area (Å²) in [5.41, 5.74) is -3.02. The summed E-state index contributed by atoms with van der Waals surface area (Å²) in [5.74, 6) is -1.67. The highest BCUT2D eigenvalue weighted by Crippen LogP contribution is 2.38. The number of aromatic carboxylic acids is 1. The van der Waals surface area contributed by atoms with Crippen LogP contribution in [-0.4, -0.2) is 65.5 Å². The van der Waals surface area contributed by atoms with Crippen molar-refractivity contribution in [2.24, 2.45) is 0 Å². The third-order valence-corrected chi connectivity index (χ3v) is 3.68. The molecule has 2 heterocycles. The van der Waals surface area contributed by atoms with Gasteiger partial charge in [0.1, 0.15) is 24.0 Å². The Hall–Kier alpha value is -1.86. The van der Waals surface area contributed by atoms with Crippen LogP contribution in [0.3, 0.4) is 0 Å². The fourth-order valence-corrected chi connectivity index (χ4v) is 2.51. The number of carbonyl (C=O) groups is 1. The zero-order valence-corrected chi connectivity index (χ0v) is 12.6. The SMILES string of the molecule is O=C(O)c1cc(=O)[nH]c(=O)n1[C@@H]1O[C@H](COP(=O)(O)O)C(O)C1O. The molecule has 0 saturated carbocycles. The molecule has 2 unspecified atom stereocenters. The molecule has 0 aromatic carbocycles. The highest BCUT2D eigenvalue weighted by molar-refractivity contribution is 7.46. The van der Waals surface area contributed by atoms with Crippen molar-refractivity contribution in [3.63, 3.8) is 0 Å². The molecule has 1 aromatic heterocycles. The number of aliphatic hydroxyl groups excluding tert-OH is 2. The van der Waals surface area contributed by atoms with Crippen LogP contribution in [0.15, 0.2) is 15.7 Å². The number of hydrogen-bond acceptors (Lipinski definition) is 8. The summed E-state index contributed by atoms with van der Waals surface area (Å²) in [6, 6.07) is 0.575. The van der Waals surface area contributed by atoms with E-state index in [1.54, 1.807) is 4.98 Å². The zero-order valence-electron chi connectivity index (χ0n) is 11.7. The van der Waals surface area contributed by atoms with E-state index >= 15 is 0 Å². The van der Waals surface area contributed by atoms with Crippen molar-refractivity contribution in [2.45, 2.75) is 24.5 Å². The smallest absolute Gasteiger partial charge is 0.469 e. The Labute approximate surface area is 131 Å². The van der Waals surface area contributed by atoms with Gasteiger partial charge in [0.05, 0.1) is 6.61 Å². The van der Waals surface area contributed by atoms with E-state index < -0.39 is 61.9 Å². The molecule has 1 fully saturated rings. The van der Waals surface area contributed by atoms with Gasteiger partial charge in [0, 0.05) is 6.07 Å². The van der Waals surface area contributed by atoms with Crippen LogP contribution in [-0.2, 0) is 13.8 Å². The first-order valence-electron chi connectivity index (χ1n) is 6.32. The van der Waals surface area contributed by atoms with Gasteiger partial charge in [-0.05, 0) is 0 Å². The number of nitrogens with one attached hydrogen (secondary N) is 1. The maximum absolute atomic E-state index is 11.8. The molecule has 1 saturated heterocycles. The number of rotatable bonds is 5. The first-order chi connectivity index (χ1) is 11.0. The average molecular weight is 368 g/mol. The van der Waals surface area contributed by atoms with E-state index in [1.165, 1.54) is 0 Å². The van der Waals surface area contributed by atoms with Crippen LogP contribution < -0.4 is 11.2 Å². The Kier molecular flexibility index (Phi) is 5.05. The number of ether oxygens (including phenoxy) is 1. The predicted molar refractivity (Wildman–Crippen MR) is 72.2 cm³/mol. The Balaban J connectivity index is 2.37. The van der Waals surface area contributed by atoms with E-state index in [1.807, 2.05) is 0 Å². The molecule has 0 spiro atoms. The number of phosphoric acid groups is 1. The number of hydrogen-bond donors (Lipinski definition) is 6. The molecule has 0 bridgehead atoms. The predicted octanol–water partition coefficient (Wildman–Crippen LogP) is -3.04. The Morgan fingerprint density at radius 2 is 1.96 bits per heavy atom. The van der Waals surface area contributed by atoms with E-state index in [2.05, 4.69) is 4.52 Å². The number of nitrogens with zero attached hydrogens (tertiary/aromatic N) is 1. The molecule has 14 heteroatoms. The van der Waals surface area contributed by atoms with Crippen LogP contribution in [0.2, 0.25) is 0 Å². The van der Waals surface area contributed by atoms with Gasteiger partial charge in [0.25, 0.3) is 5.56 Å². The fraction of sp³-hybridized carbons (Fsp3) is 0.500. The van der Waals surface area contributed by atoms with Crippen LogP contribution >= 0.6 is 7.82 Å². The first-order valence-corrected chi connectivity index (χ1v) is 7.85. The molecule has 0 aliphatic carbocycles. The Bertz CT molecular complexity index is 795. The lowest BCUT2D eigenvalue weighted by molar-refractivity contribution is -0.0555. The summed E-state index contributed by atoms with van der Waals surface area (Å²) in [6.45, 7) is -0.834. The van der Waals surface area contributed by atoms with E-state index in [0.29, 0.717) is 10.6 Å². The molecule has 0 radical (unpaired) electrons. The van der Waals surface area contributed by atoms with Gasteiger partial charge in [-0.15, -0.1) is 0 Å². The molecule has 24 heavy (non-hydrogen) atoms. The standard InChI is InChI=1S/C10H13N2O11P/c13-5-1-3(9(16)17)12(10(18)11-5)8-7(15)6(14)4(23-8)2-22-24(19,20)21/h1,4,6-8,14-15H,2H2,(H,16,17)(H,11,13,18)(H2,19,20,21)/t4-,6?,7?,8-/m1/s1. The van der Waals surface area contributed by atoms with Crippen LogP contribution in [0.25, 0.3) is 0 Å². The minimum absolute atomic E-state index is 0.398. The molecule has 4 atom stereocenters. The van der Waals surface area contributed by atoms with E-state index in [9.17, 15) is 29.2 Å². The van der Waals surface area contributed by atoms with Gasteiger partial charge >= 0.3 is 19.5 Å². The van der Waals surface area contributed by atoms with Crippen molar-refractivity contribution >= 4 is 13.8 Å². The van der Waals surface area contributed by atoms with E-state index in [-0.39, 0.29) is 0 Å². The number of aromatic nitrogens is 2. The maximum atomic E-state index is 11.8. The topological polar surface area (TPSA) is 209 Å². The molecule has 0 amide bonds. The number of carboxylic acids is 1. The van der Waals surface area contributed by atoms with Gasteiger partial charge in [-0.3, -0.25) is 18.9 Å². The minimum Gasteiger partial charge on any atom is -0.477 e. The average Bonchev–Trinajstić information content (AvgIpc) is 2.71. The third-order valence-electron chi connectivity index (χ3n) is 3.19. The number of phosphoric ester groups is 1. The van der Waals surface area contributed by atoms with Crippen molar-refractivity contribution in [2.75, 3.05) is 6.61 Å². The Morgan fingerprint density at radius 1 is 1.33 bits per heavy atom. The zero-order chi connectivity index (χ0) is 18.2. The van der Waals surface area contributed by atoms with Crippen LogP contribution in [0.1, 0.15) is 16.7 Å². The summed E-state index contributed by atoms with van der Waals surface area (Å²) < 4.78 is 20.3. The van der Waals surface area contributed by atoms with Gasteiger partial charge in [0.15, 0.2) is 6.23 Å². The number of aromatic amines is 1. The quantitative estimate of drug-likeness (QED) is 0.288. The van der Waals surface area contributed by atoms with Crippen molar-refractivity contribution in [1.82, 2.24) is 9.55 Å². The summed E-state index contributed by atoms with van der Waals surface area (Å²) >= 11 is 0. The largest absolute Gasteiger partial charge is 0.477 e. The summed E-state index contributed by atoms with van der Waals surface area (Å²) in [6.07, 6.45) is -6.74. The molecule has 2 rings (SSSR count). The molecule has 13 nitrogen and oxygen atoms in total. The van der Waals surface area contributed by atoms with Crippen LogP contribution in [0, 0.1) is 0 Å². The lowest BCUT2D eigenvalue weighted by atomic mass is 10.1. The van der Waals surface area contributed by atoms with E-state index in [0.717, 1.165) is 0 Å². The summed E-state index contributed by atoms with van der Waals surface area (Å²) in [7, 11) is -4.88. The molecule has 6 N–H and O–H groups in total. The summed E-state index contributed by atoms with van der Waals surface area (Å²) in [4.78, 5) is 53.2. The van der Waals surface area contributed by atoms with Crippen molar-refractivity contribution < 1.29 is 43.7 Å². The van der Waals surface area contributed by atoms with Crippen LogP contribution in [0.5, 0.6) is 0 Å². The summed E-state index contributed by atoms with van der Waals surface area (Å²) in [5, 5.41) is 28.8. The normalized spacial score (nSPS) is 27.3.